The molecule has 0 saturated carbocycles. The fourth-order valence-corrected chi connectivity index (χ4v) is 11.8. The van der Waals surface area contributed by atoms with Crippen LogP contribution in [-0.2, 0) is 6.16 Å². The third kappa shape index (κ3) is 3.66. The molecule has 0 amide bonds. The van der Waals surface area contributed by atoms with Gasteiger partial charge in [0.15, 0.2) is 0 Å². The number of rotatable bonds is 6. The molecule has 150 valence electrons. The van der Waals surface area contributed by atoms with Crippen LogP contribution in [0.25, 0.3) is 0 Å². The molecular weight excluding hydrogens is 454 g/mol. The van der Waals surface area contributed by atoms with Crippen LogP contribution in [0, 0.1) is 0 Å². The van der Waals surface area contributed by atoms with Crippen molar-refractivity contribution in [3.05, 3.63) is 121 Å². The van der Waals surface area contributed by atoms with Crippen LogP contribution < -0.4 is 21.4 Å². The molecule has 0 spiro atoms. The number of benzene rings is 4. The van der Waals surface area contributed by atoms with Crippen molar-refractivity contribution in [2.24, 2.45) is 0 Å². The van der Waals surface area contributed by atoms with Crippen molar-refractivity contribution in [3.63, 3.8) is 0 Å². The summed E-state index contributed by atoms with van der Waals surface area (Å²) >= 11 is 4.42. The molecule has 0 saturated heterocycles. The molecule has 4 aromatic rings. The molecule has 2 nitrogen and oxygen atoms in total. The molecule has 0 aliphatic rings. The van der Waals surface area contributed by atoms with Gasteiger partial charge in [0.1, 0.15) is 0 Å². The minimum atomic E-state index is -3.09. The Hall–Kier alpha value is -2.23. The van der Waals surface area contributed by atoms with Gasteiger partial charge >= 0.3 is 186 Å². The third-order valence-electron chi connectivity index (χ3n) is 5.61. The minimum absolute atomic E-state index is 0.499. The van der Waals surface area contributed by atoms with Crippen LogP contribution in [0.1, 0.15) is 5.56 Å². The molecule has 30 heavy (non-hydrogen) atoms. The Morgan fingerprint density at radius 1 is 0.600 bits per heavy atom. The van der Waals surface area contributed by atoms with Crippen molar-refractivity contribution in [3.8, 4) is 0 Å². The maximum absolute atomic E-state index is 9.72. The third-order valence-corrected chi connectivity index (χ3v) is 15.1. The zero-order valence-electron chi connectivity index (χ0n) is 16.5. The molecule has 0 fully saturated rings. The second-order valence-corrected chi connectivity index (χ2v) is 16.4. The Labute approximate surface area is 186 Å². The Morgan fingerprint density at radius 2 is 1.03 bits per heavy atom. The number of halogens is 1. The molecule has 4 rings (SSSR count). The zero-order chi connectivity index (χ0) is 21.1. The quantitative estimate of drug-likeness (QED) is 0.329. The van der Waals surface area contributed by atoms with E-state index in [1.165, 1.54) is 15.9 Å². The van der Waals surface area contributed by atoms with Gasteiger partial charge in [0.05, 0.1) is 0 Å². The van der Waals surface area contributed by atoms with E-state index in [1.54, 1.807) is 6.07 Å². The molecule has 0 aliphatic carbocycles. The average molecular weight is 477 g/mol. The Morgan fingerprint density at radius 3 is 1.43 bits per heavy atom. The Kier molecular flexibility index (Phi) is 5.95. The van der Waals surface area contributed by atoms with Gasteiger partial charge in [0.2, 0.25) is 0 Å². The molecular formula is C25H23BBrO2P. The first-order chi connectivity index (χ1) is 14.5. The second-order valence-electron chi connectivity index (χ2n) is 7.47. The van der Waals surface area contributed by atoms with Gasteiger partial charge in [-0.15, -0.1) is 0 Å². The monoisotopic (exact) mass is 476 g/mol. The van der Waals surface area contributed by atoms with Crippen LogP contribution in [0.15, 0.2) is 115 Å². The molecule has 0 heterocycles. The van der Waals surface area contributed by atoms with Crippen LogP contribution >= 0.6 is 20.8 Å². The van der Waals surface area contributed by atoms with Crippen molar-refractivity contribution in [2.75, 3.05) is 0 Å². The van der Waals surface area contributed by atoms with Gasteiger partial charge in [-0.25, -0.2) is 0 Å². The van der Waals surface area contributed by atoms with E-state index < -0.39 is 12.4 Å². The van der Waals surface area contributed by atoms with Crippen molar-refractivity contribution in [1.82, 2.24) is 0 Å². The fourth-order valence-electron chi connectivity index (χ4n) is 4.13. The SMILES string of the molecule is OB(O)c1cccc(CP(Br)(c2ccccc2)(c2ccccc2)c2ccccc2)c1. The number of hydrogen-bond acceptors (Lipinski definition) is 2. The Bertz CT molecular complexity index is 1020. The van der Waals surface area contributed by atoms with E-state index in [0.29, 0.717) is 11.6 Å². The van der Waals surface area contributed by atoms with Gasteiger partial charge in [-0.05, 0) is 0 Å². The maximum atomic E-state index is 9.72. The van der Waals surface area contributed by atoms with Gasteiger partial charge in [-0.1, -0.05) is 0 Å². The molecule has 0 aromatic heterocycles. The summed E-state index contributed by atoms with van der Waals surface area (Å²) in [6.45, 7) is 0. The Balaban J connectivity index is 2.05. The van der Waals surface area contributed by atoms with Crippen LogP contribution in [0.5, 0.6) is 0 Å². The molecule has 0 aliphatic heterocycles. The normalized spacial score (nSPS) is 12.7. The first-order valence-electron chi connectivity index (χ1n) is 9.87. The second kappa shape index (κ2) is 8.49. The van der Waals surface area contributed by atoms with E-state index in [9.17, 15) is 10.0 Å². The molecule has 2 N–H and O–H groups in total. The predicted molar refractivity (Wildman–Crippen MR) is 134 cm³/mol. The summed E-state index contributed by atoms with van der Waals surface area (Å²) in [5.41, 5.74) is 1.55. The van der Waals surface area contributed by atoms with Crippen LogP contribution in [0.3, 0.4) is 0 Å². The summed E-state index contributed by atoms with van der Waals surface area (Å²) in [6.07, 6.45) is 0.712. The molecule has 0 radical (unpaired) electrons. The fraction of sp³-hybridized carbons (Fsp3) is 0.0400. The predicted octanol–water partition coefficient (Wildman–Crippen LogP) is 3.71. The van der Waals surface area contributed by atoms with E-state index >= 15 is 0 Å². The van der Waals surface area contributed by atoms with Gasteiger partial charge in [-0.3, -0.25) is 0 Å². The molecule has 5 heteroatoms. The topological polar surface area (TPSA) is 40.5 Å². The van der Waals surface area contributed by atoms with E-state index in [-0.39, 0.29) is 0 Å². The standard InChI is InChI=1S/C25H23BBrO2P/c27-30(23-13-4-1-5-14-23,24-15-6-2-7-16-24,25-17-8-3-9-18-25)20-21-11-10-12-22(19-21)26(28)29/h1-19,28-29H,20H2. The van der Waals surface area contributed by atoms with Crippen LogP contribution in [0.2, 0.25) is 0 Å². The first-order valence-corrected chi connectivity index (χ1v) is 14.3. The van der Waals surface area contributed by atoms with Crippen molar-refractivity contribution >= 4 is 49.3 Å². The molecule has 0 unspecified atom stereocenters. The van der Waals surface area contributed by atoms with E-state index in [1.807, 2.05) is 30.3 Å². The molecule has 0 atom stereocenters. The zero-order valence-corrected chi connectivity index (χ0v) is 19.0. The molecule has 0 bridgehead atoms. The summed E-state index contributed by atoms with van der Waals surface area (Å²) in [5, 5.41) is 20.0. The van der Waals surface area contributed by atoms with Crippen LogP contribution in [0.4, 0.5) is 0 Å². The van der Waals surface area contributed by atoms with Crippen LogP contribution in [-0.4, -0.2) is 17.2 Å². The van der Waals surface area contributed by atoms with Gasteiger partial charge in [0, 0.05) is 0 Å². The van der Waals surface area contributed by atoms with Crippen molar-refractivity contribution < 1.29 is 10.0 Å². The first kappa shape index (κ1) is 21.0. The van der Waals surface area contributed by atoms with Crippen molar-refractivity contribution in [2.45, 2.75) is 6.16 Å². The van der Waals surface area contributed by atoms with E-state index in [0.717, 1.165) is 5.56 Å². The number of hydrogen-bond donors (Lipinski definition) is 2. The summed E-state index contributed by atoms with van der Waals surface area (Å²) in [4.78, 5) is 0. The van der Waals surface area contributed by atoms with E-state index in [4.69, 9.17) is 0 Å². The summed E-state index contributed by atoms with van der Waals surface area (Å²) in [7, 11) is -1.49. The van der Waals surface area contributed by atoms with Gasteiger partial charge < -0.3 is 0 Å². The van der Waals surface area contributed by atoms with Crippen molar-refractivity contribution in [1.29, 1.82) is 0 Å². The van der Waals surface area contributed by atoms with Gasteiger partial charge in [-0.2, -0.15) is 0 Å². The summed E-state index contributed by atoms with van der Waals surface area (Å²) < 4.78 is 0. The summed E-state index contributed by atoms with van der Waals surface area (Å²) in [5.74, 6) is 0. The summed E-state index contributed by atoms with van der Waals surface area (Å²) in [6, 6.07) is 39.3. The average Bonchev–Trinajstić information content (AvgIpc) is 2.81. The van der Waals surface area contributed by atoms with Gasteiger partial charge in [0.25, 0.3) is 0 Å². The van der Waals surface area contributed by atoms with E-state index in [2.05, 4.69) is 94.4 Å². The molecule has 4 aromatic carbocycles.